The molecule has 0 amide bonds. The molecule has 0 aromatic carbocycles. The van der Waals surface area contributed by atoms with Crippen molar-refractivity contribution in [2.45, 2.75) is 46.7 Å². The Balaban J connectivity index is 3.90. The van der Waals surface area contributed by atoms with Crippen molar-refractivity contribution < 1.29 is 13.2 Å². The van der Waals surface area contributed by atoms with Crippen molar-refractivity contribution in [1.82, 2.24) is 10.2 Å². The fourth-order valence-corrected chi connectivity index (χ4v) is 1.68. The smallest absolute Gasteiger partial charge is 0.307 e. The quantitative estimate of drug-likeness (QED) is 0.617. The Morgan fingerprint density at radius 1 is 0.895 bits per heavy atom. The largest absolute Gasteiger partial charge is 0.401 e. The van der Waals surface area contributed by atoms with Gasteiger partial charge in [-0.25, -0.2) is 0 Å². The topological polar surface area (TPSA) is 15.3 Å². The maximum Gasteiger partial charge on any atom is 0.401 e. The fourth-order valence-electron chi connectivity index (χ4n) is 1.68. The zero-order valence-corrected chi connectivity index (χ0v) is 12.7. The first-order valence-electron chi connectivity index (χ1n) is 7.20. The molecule has 0 rings (SSSR count). The number of nitrogens with one attached hydrogen (secondary N) is 1. The molecule has 19 heavy (non-hydrogen) atoms. The molecule has 0 aromatic rings. The van der Waals surface area contributed by atoms with E-state index in [9.17, 15) is 13.2 Å². The summed E-state index contributed by atoms with van der Waals surface area (Å²) in [6.07, 6.45) is -1.92. The molecule has 0 saturated heterocycles. The fraction of sp³-hybridized carbons (Fsp3) is 1.00. The van der Waals surface area contributed by atoms with Gasteiger partial charge < -0.3 is 10.2 Å². The van der Waals surface area contributed by atoms with Gasteiger partial charge in [0.05, 0.1) is 6.54 Å². The average Bonchev–Trinajstić information content (AvgIpc) is 2.24. The van der Waals surface area contributed by atoms with Crippen molar-refractivity contribution in [3.63, 3.8) is 0 Å². The van der Waals surface area contributed by atoms with Gasteiger partial charge in [0.1, 0.15) is 0 Å². The third kappa shape index (κ3) is 13.9. The van der Waals surface area contributed by atoms with Crippen LogP contribution in [0.3, 0.4) is 0 Å². The Bertz CT molecular complexity index is 203. The first-order valence-corrected chi connectivity index (χ1v) is 7.20. The molecule has 2 nitrogen and oxygen atoms in total. The third-order valence-corrected chi connectivity index (χ3v) is 2.98. The van der Waals surface area contributed by atoms with Gasteiger partial charge in [-0.05, 0) is 37.8 Å². The zero-order chi connectivity index (χ0) is 14.9. The third-order valence-electron chi connectivity index (χ3n) is 2.98. The minimum Gasteiger partial charge on any atom is -0.307 e. The van der Waals surface area contributed by atoms with Crippen molar-refractivity contribution in [2.24, 2.45) is 11.8 Å². The molecule has 5 heteroatoms. The predicted molar refractivity (Wildman–Crippen MR) is 74.3 cm³/mol. The van der Waals surface area contributed by atoms with Crippen LogP contribution in [0.5, 0.6) is 0 Å². The lowest BCUT2D eigenvalue weighted by Gasteiger charge is -2.24. The summed E-state index contributed by atoms with van der Waals surface area (Å²) in [6.45, 7) is 10.8. The van der Waals surface area contributed by atoms with Crippen LogP contribution < -0.4 is 5.32 Å². The van der Waals surface area contributed by atoms with Gasteiger partial charge >= 0.3 is 6.18 Å². The molecule has 0 aliphatic heterocycles. The Hall–Kier alpha value is -0.290. The van der Waals surface area contributed by atoms with E-state index in [1.165, 1.54) is 0 Å². The highest BCUT2D eigenvalue weighted by Crippen LogP contribution is 2.12. The van der Waals surface area contributed by atoms with Crippen LogP contribution >= 0.6 is 0 Å². The van der Waals surface area contributed by atoms with Crippen LogP contribution in [0.4, 0.5) is 13.2 Å². The number of halogens is 3. The number of nitrogens with zero attached hydrogens (tertiary/aromatic N) is 1. The van der Waals surface area contributed by atoms with E-state index in [4.69, 9.17) is 0 Å². The monoisotopic (exact) mass is 282 g/mol. The van der Waals surface area contributed by atoms with Crippen LogP contribution in [0.2, 0.25) is 0 Å². The summed E-state index contributed by atoms with van der Waals surface area (Å²) in [5.41, 5.74) is 0. The Morgan fingerprint density at radius 2 is 1.37 bits per heavy atom. The second kappa shape index (κ2) is 9.59. The molecule has 0 aromatic heterocycles. The van der Waals surface area contributed by atoms with Gasteiger partial charge in [0, 0.05) is 13.1 Å². The predicted octanol–water partition coefficient (Wildman–Crippen LogP) is 3.53. The first-order chi connectivity index (χ1) is 8.70. The molecule has 0 aliphatic rings. The summed E-state index contributed by atoms with van der Waals surface area (Å²) >= 11 is 0. The number of hydrogen-bond acceptors (Lipinski definition) is 2. The highest BCUT2D eigenvalue weighted by molar-refractivity contribution is 4.64. The highest BCUT2D eigenvalue weighted by Gasteiger charge is 2.26. The lowest BCUT2D eigenvalue weighted by atomic mass is 10.1. The molecule has 0 aliphatic carbocycles. The lowest BCUT2D eigenvalue weighted by molar-refractivity contribution is -0.124. The molecule has 0 heterocycles. The molecule has 0 radical (unpaired) electrons. The van der Waals surface area contributed by atoms with Crippen molar-refractivity contribution in [1.29, 1.82) is 0 Å². The summed E-state index contributed by atoms with van der Waals surface area (Å²) in [5.74, 6) is 1.26. The highest BCUT2D eigenvalue weighted by atomic mass is 19.4. The van der Waals surface area contributed by atoms with E-state index in [-0.39, 0.29) is 0 Å². The van der Waals surface area contributed by atoms with E-state index >= 15 is 0 Å². The lowest BCUT2D eigenvalue weighted by Crippen LogP contribution is -2.37. The molecule has 116 valence electrons. The average molecular weight is 282 g/mol. The first kappa shape index (κ1) is 18.7. The second-order valence-corrected chi connectivity index (χ2v) is 6.00. The Kier molecular flexibility index (Phi) is 9.44. The Morgan fingerprint density at radius 3 is 1.74 bits per heavy atom. The summed E-state index contributed by atoms with van der Waals surface area (Å²) in [5, 5.41) is 2.46. The number of hydrogen-bond donors (Lipinski definition) is 1. The molecule has 0 unspecified atom stereocenters. The van der Waals surface area contributed by atoms with Crippen molar-refractivity contribution >= 4 is 0 Å². The van der Waals surface area contributed by atoms with Crippen LogP contribution in [-0.2, 0) is 0 Å². The molecule has 0 saturated carbocycles. The molecule has 0 spiro atoms. The molecule has 0 atom stereocenters. The molecule has 0 bridgehead atoms. The minimum absolute atomic E-state index is 0.399. The number of alkyl halides is 3. The van der Waals surface area contributed by atoms with Crippen LogP contribution in [0.15, 0.2) is 0 Å². The van der Waals surface area contributed by atoms with Crippen molar-refractivity contribution in [3.05, 3.63) is 0 Å². The van der Waals surface area contributed by atoms with Crippen LogP contribution in [0.25, 0.3) is 0 Å². The second-order valence-electron chi connectivity index (χ2n) is 6.00. The Labute approximate surface area is 115 Å². The molecular weight excluding hydrogens is 253 g/mol. The maximum atomic E-state index is 12.0. The summed E-state index contributed by atoms with van der Waals surface area (Å²) < 4.78 is 36.0. The van der Waals surface area contributed by atoms with Crippen molar-refractivity contribution in [2.75, 3.05) is 32.7 Å². The summed E-state index contributed by atoms with van der Waals surface area (Å²) in [7, 11) is 0. The van der Waals surface area contributed by atoms with E-state index < -0.39 is 12.7 Å². The molecule has 0 fully saturated rings. The van der Waals surface area contributed by atoms with Gasteiger partial charge in [-0.1, -0.05) is 27.7 Å². The maximum absolute atomic E-state index is 12.0. The molecular formula is C14H29F3N2. The van der Waals surface area contributed by atoms with Gasteiger partial charge in [-0.2, -0.15) is 13.2 Å². The zero-order valence-electron chi connectivity index (χ0n) is 12.7. The van der Waals surface area contributed by atoms with Gasteiger partial charge in [0.2, 0.25) is 0 Å². The van der Waals surface area contributed by atoms with Crippen LogP contribution in [0, 0.1) is 11.8 Å². The van der Waals surface area contributed by atoms with E-state index in [1.807, 2.05) is 0 Å². The van der Waals surface area contributed by atoms with E-state index in [2.05, 4.69) is 37.9 Å². The van der Waals surface area contributed by atoms with E-state index in [1.54, 1.807) is 0 Å². The SMILES string of the molecule is CC(C)CCN(CCNCC(F)(F)F)CCC(C)C. The van der Waals surface area contributed by atoms with Crippen LogP contribution in [0.1, 0.15) is 40.5 Å². The van der Waals surface area contributed by atoms with Gasteiger partial charge in [-0.3, -0.25) is 0 Å². The van der Waals surface area contributed by atoms with Gasteiger partial charge in [-0.15, -0.1) is 0 Å². The standard InChI is InChI=1S/C14H29F3N2/c1-12(2)5-8-19(9-6-13(3)4)10-7-18-11-14(15,16)17/h12-13,18H,5-11H2,1-4H3. The normalized spacial score (nSPS) is 12.9. The summed E-state index contributed by atoms with van der Waals surface area (Å²) in [6, 6.07) is 0. The van der Waals surface area contributed by atoms with Gasteiger partial charge in [0.25, 0.3) is 0 Å². The van der Waals surface area contributed by atoms with Crippen molar-refractivity contribution in [3.8, 4) is 0 Å². The van der Waals surface area contributed by atoms with Crippen LogP contribution in [-0.4, -0.2) is 43.8 Å². The van der Waals surface area contributed by atoms with E-state index in [0.29, 0.717) is 24.9 Å². The van der Waals surface area contributed by atoms with E-state index in [0.717, 1.165) is 25.9 Å². The minimum atomic E-state index is -4.11. The molecule has 1 N–H and O–H groups in total. The number of rotatable bonds is 10. The van der Waals surface area contributed by atoms with Gasteiger partial charge in [0.15, 0.2) is 0 Å². The summed E-state index contributed by atoms with van der Waals surface area (Å²) in [4.78, 5) is 2.27.